The first-order valence-corrected chi connectivity index (χ1v) is 11.8. The first-order valence-electron chi connectivity index (χ1n) is 11.8. The highest BCUT2D eigenvalue weighted by Gasteiger charge is 2.22. The Balaban J connectivity index is 0. The average molecular weight is 557 g/mol. The van der Waals surface area contributed by atoms with Crippen LogP contribution in [0.25, 0.3) is 0 Å². The van der Waals surface area contributed by atoms with Gasteiger partial charge in [-0.3, -0.25) is 9.59 Å². The Morgan fingerprint density at radius 1 is 0.718 bits per heavy atom. The van der Waals surface area contributed by atoms with Crippen molar-refractivity contribution in [3.05, 3.63) is 59.7 Å². The van der Waals surface area contributed by atoms with E-state index in [0.717, 1.165) is 0 Å². The minimum Gasteiger partial charge on any atom is -0.508 e. The van der Waals surface area contributed by atoms with Gasteiger partial charge in [0.05, 0.1) is 0 Å². The number of aromatic hydroxyl groups is 2. The van der Waals surface area contributed by atoms with Gasteiger partial charge in [-0.25, -0.2) is 0 Å². The number of hydrogen-bond donors (Lipinski definition) is 6. The van der Waals surface area contributed by atoms with Crippen molar-refractivity contribution in [2.24, 2.45) is 0 Å². The molecule has 6 N–H and O–H groups in total. The number of para-hydroxylation sites is 2. The molecule has 12 heteroatoms. The van der Waals surface area contributed by atoms with E-state index in [1.54, 1.807) is 56.6 Å². The zero-order valence-electron chi connectivity index (χ0n) is 23.9. The van der Waals surface area contributed by atoms with E-state index in [2.05, 4.69) is 10.6 Å². The van der Waals surface area contributed by atoms with E-state index in [1.807, 2.05) is 0 Å². The monoisotopic (exact) mass is 556 g/mol. The van der Waals surface area contributed by atoms with E-state index in [9.17, 15) is 30.0 Å². The molecular weight excluding hydrogens is 512 g/mol. The second-order valence-corrected chi connectivity index (χ2v) is 7.70. The minimum atomic E-state index is -0.994. The molecule has 0 aliphatic carbocycles. The van der Waals surface area contributed by atoms with Crippen molar-refractivity contribution >= 4 is 11.8 Å². The lowest BCUT2D eigenvalue weighted by Gasteiger charge is -2.20. The summed E-state index contributed by atoms with van der Waals surface area (Å²) in [6.45, 7) is 2.94. The lowest BCUT2D eigenvalue weighted by Crippen LogP contribution is -2.31. The number of nitrogens with one attached hydrogen (secondary N) is 2. The molecule has 2 amide bonds. The van der Waals surface area contributed by atoms with Crippen LogP contribution in [-0.4, -0.2) is 93.5 Å². The van der Waals surface area contributed by atoms with Crippen LogP contribution in [0, 0.1) is 0 Å². The molecule has 2 aromatic rings. The van der Waals surface area contributed by atoms with E-state index < -0.39 is 24.8 Å². The average Bonchev–Trinajstić information content (AvgIpc) is 2.92. The predicted octanol–water partition coefficient (Wildman–Crippen LogP) is 1.46. The van der Waals surface area contributed by atoms with E-state index in [-0.39, 0.29) is 23.3 Å². The number of amides is 2. The van der Waals surface area contributed by atoms with Gasteiger partial charge in [-0.15, -0.1) is 0 Å². The molecule has 2 atom stereocenters. The fraction of sp³-hybridized carbons (Fsp3) is 0.481. The zero-order chi connectivity index (χ0) is 30.4. The van der Waals surface area contributed by atoms with Crippen LogP contribution in [-0.2, 0) is 35.0 Å². The number of phenols is 2. The highest BCUT2D eigenvalue weighted by atomic mass is 16.7. The number of benzene rings is 2. The summed E-state index contributed by atoms with van der Waals surface area (Å²) in [5, 5.41) is 43.2. The van der Waals surface area contributed by atoms with Gasteiger partial charge >= 0.3 is 0 Å². The number of aliphatic hydroxyl groups is 2. The molecular formula is C27H44N2O10. The standard InChI is InChI=1S/C11H16O4.C10H14O4.2C3H7NO/c1-14-11(15-2)10(13)7-8-5-3-4-6-9(8)12;1-13-10(14-2)9(12)7-5-3-4-6-8(7)11;2*1-3(5)4-2/h3-6,10-13H,7H2,1-2H3;3-6,9-12H,1-2H3;2*1-2H3,(H,4,5). The van der Waals surface area contributed by atoms with Crippen molar-refractivity contribution < 1.29 is 49.0 Å². The van der Waals surface area contributed by atoms with Gasteiger partial charge in [0.15, 0.2) is 12.6 Å². The Bertz CT molecular complexity index is 907. The second-order valence-electron chi connectivity index (χ2n) is 7.70. The molecule has 2 aromatic carbocycles. The van der Waals surface area contributed by atoms with Gasteiger partial charge in [0, 0.05) is 68.4 Å². The van der Waals surface area contributed by atoms with Gasteiger partial charge in [0.25, 0.3) is 0 Å². The second kappa shape index (κ2) is 22.7. The molecule has 222 valence electrons. The first kappa shape index (κ1) is 37.9. The smallest absolute Gasteiger partial charge is 0.216 e. The highest BCUT2D eigenvalue weighted by Crippen LogP contribution is 2.27. The third kappa shape index (κ3) is 17.0. The summed E-state index contributed by atoms with van der Waals surface area (Å²) in [6.07, 6.45) is -2.95. The van der Waals surface area contributed by atoms with Crippen molar-refractivity contribution in [3.8, 4) is 11.5 Å². The third-order valence-corrected chi connectivity index (χ3v) is 4.88. The molecule has 0 saturated heterocycles. The molecule has 0 fully saturated rings. The van der Waals surface area contributed by atoms with Crippen molar-refractivity contribution in [2.75, 3.05) is 42.5 Å². The minimum absolute atomic E-state index is 0.00463. The molecule has 0 heterocycles. The molecule has 0 aliphatic rings. The molecule has 0 radical (unpaired) electrons. The van der Waals surface area contributed by atoms with Crippen LogP contribution in [0.5, 0.6) is 11.5 Å². The summed E-state index contributed by atoms with van der Waals surface area (Å²) in [6, 6.07) is 13.4. The Kier molecular flexibility index (Phi) is 22.1. The maximum absolute atomic E-state index is 9.75. The Hall–Kier alpha value is -3.26. The van der Waals surface area contributed by atoms with Crippen molar-refractivity contribution in [3.63, 3.8) is 0 Å². The fourth-order valence-corrected chi connectivity index (χ4v) is 2.65. The molecule has 0 saturated carbocycles. The molecule has 2 rings (SSSR count). The van der Waals surface area contributed by atoms with Crippen LogP contribution in [0.4, 0.5) is 0 Å². The zero-order valence-corrected chi connectivity index (χ0v) is 23.9. The molecule has 0 bridgehead atoms. The highest BCUT2D eigenvalue weighted by molar-refractivity contribution is 5.72. The maximum atomic E-state index is 9.75. The lowest BCUT2D eigenvalue weighted by atomic mass is 10.1. The number of rotatable bonds is 9. The van der Waals surface area contributed by atoms with Crippen molar-refractivity contribution in [2.45, 2.75) is 45.1 Å². The SMILES string of the molecule is CNC(C)=O.CNC(C)=O.COC(OC)C(O)Cc1ccccc1O.COC(OC)C(O)c1ccccc1O. The third-order valence-electron chi connectivity index (χ3n) is 4.88. The van der Waals surface area contributed by atoms with Crippen LogP contribution in [0.2, 0.25) is 0 Å². The number of aliphatic hydroxyl groups excluding tert-OH is 2. The summed E-state index contributed by atoms with van der Waals surface area (Å²) in [5.41, 5.74) is 1.06. The molecule has 0 aliphatic heterocycles. The van der Waals surface area contributed by atoms with Gasteiger partial charge < -0.3 is 50.0 Å². The van der Waals surface area contributed by atoms with Crippen LogP contribution >= 0.6 is 0 Å². The number of carbonyl (C=O) groups excluding carboxylic acids is 2. The van der Waals surface area contributed by atoms with Gasteiger partial charge in [-0.1, -0.05) is 36.4 Å². The van der Waals surface area contributed by atoms with Gasteiger partial charge in [-0.05, 0) is 17.7 Å². The van der Waals surface area contributed by atoms with Crippen LogP contribution in [0.3, 0.4) is 0 Å². The Morgan fingerprint density at radius 2 is 1.10 bits per heavy atom. The molecule has 39 heavy (non-hydrogen) atoms. The Labute approximate surface area is 230 Å². The van der Waals surface area contributed by atoms with E-state index in [4.69, 9.17) is 18.9 Å². The van der Waals surface area contributed by atoms with Gasteiger partial charge in [0.1, 0.15) is 23.7 Å². The summed E-state index contributed by atoms with van der Waals surface area (Å²) in [5.74, 6) is 0.205. The summed E-state index contributed by atoms with van der Waals surface area (Å²) >= 11 is 0. The number of methoxy groups -OCH3 is 4. The number of phenolic OH excluding ortho intramolecular Hbond substituents is 2. The molecule has 0 aromatic heterocycles. The fourth-order valence-electron chi connectivity index (χ4n) is 2.65. The summed E-state index contributed by atoms with van der Waals surface area (Å²) < 4.78 is 19.6. The van der Waals surface area contributed by atoms with Crippen molar-refractivity contribution in [1.29, 1.82) is 0 Å². The number of ether oxygens (including phenoxy) is 4. The van der Waals surface area contributed by atoms with Crippen LogP contribution < -0.4 is 10.6 Å². The van der Waals surface area contributed by atoms with Crippen molar-refractivity contribution in [1.82, 2.24) is 10.6 Å². The van der Waals surface area contributed by atoms with E-state index in [1.165, 1.54) is 48.4 Å². The van der Waals surface area contributed by atoms with Gasteiger partial charge in [0.2, 0.25) is 11.8 Å². The summed E-state index contributed by atoms with van der Waals surface area (Å²) in [7, 11) is 8.98. The summed E-state index contributed by atoms with van der Waals surface area (Å²) in [4.78, 5) is 19.4. The van der Waals surface area contributed by atoms with E-state index >= 15 is 0 Å². The first-order chi connectivity index (χ1) is 18.4. The number of carbonyl (C=O) groups is 2. The number of hydrogen-bond acceptors (Lipinski definition) is 10. The molecule has 0 spiro atoms. The predicted molar refractivity (Wildman–Crippen MR) is 146 cm³/mol. The maximum Gasteiger partial charge on any atom is 0.216 e. The topological polar surface area (TPSA) is 176 Å². The van der Waals surface area contributed by atoms with E-state index in [0.29, 0.717) is 17.5 Å². The molecule has 2 unspecified atom stereocenters. The van der Waals surface area contributed by atoms with Crippen LogP contribution in [0.15, 0.2) is 48.5 Å². The lowest BCUT2D eigenvalue weighted by molar-refractivity contribution is -0.166. The molecule has 12 nitrogen and oxygen atoms in total. The van der Waals surface area contributed by atoms with Gasteiger partial charge in [-0.2, -0.15) is 0 Å². The largest absolute Gasteiger partial charge is 0.508 e. The van der Waals surface area contributed by atoms with Crippen LogP contribution in [0.1, 0.15) is 31.1 Å². The Morgan fingerprint density at radius 3 is 1.46 bits per heavy atom. The quantitative estimate of drug-likeness (QED) is 0.248. The normalized spacial score (nSPS) is 11.5.